The Morgan fingerprint density at radius 2 is 0.680 bits per heavy atom. The van der Waals surface area contributed by atoms with Crippen molar-refractivity contribution < 1.29 is 0 Å². The van der Waals surface area contributed by atoms with Crippen molar-refractivity contribution in [2.45, 2.75) is 0 Å². The number of fused-ring (bicyclic) bond motifs is 10. The van der Waals surface area contributed by atoms with E-state index in [0.717, 1.165) is 88.8 Å². The first kappa shape index (κ1) is 42.5. The molecule has 0 aliphatic carbocycles. The zero-order valence-electron chi connectivity index (χ0n) is 40.6. The molecule has 4 aromatic heterocycles. The van der Waals surface area contributed by atoms with E-state index < -0.39 is 0 Å². The first-order valence-electron chi connectivity index (χ1n) is 25.4. The van der Waals surface area contributed by atoms with Crippen molar-refractivity contribution in [1.82, 2.24) is 28.7 Å². The lowest BCUT2D eigenvalue weighted by Gasteiger charge is -2.20. The Bertz CT molecular complexity index is 4560. The molecule has 0 N–H and O–H groups in total. The number of hydrogen-bond donors (Lipinski definition) is 0. The fourth-order valence-electron chi connectivity index (χ4n) is 11.6. The molecule has 6 nitrogen and oxygen atoms in total. The summed E-state index contributed by atoms with van der Waals surface area (Å²) in [7, 11) is 0. The van der Waals surface area contributed by atoms with E-state index in [-0.39, 0.29) is 0 Å². The summed E-state index contributed by atoms with van der Waals surface area (Å²) in [5, 5.41) is 7.15. The fraction of sp³-hybridized carbons (Fsp3) is 0. The van der Waals surface area contributed by atoms with E-state index in [1.165, 1.54) is 32.6 Å². The van der Waals surface area contributed by atoms with Crippen molar-refractivity contribution >= 4 is 65.4 Å². The molecular formula is C69H44N6. The van der Waals surface area contributed by atoms with Gasteiger partial charge in [-0.05, 0) is 83.4 Å². The largest absolute Gasteiger partial charge is 0.309 e. The lowest BCUT2D eigenvalue weighted by molar-refractivity contribution is 1.07. The molecule has 75 heavy (non-hydrogen) atoms. The lowest BCUT2D eigenvalue weighted by Crippen LogP contribution is -2.04. The Morgan fingerprint density at radius 3 is 1.27 bits per heavy atom. The Kier molecular flexibility index (Phi) is 9.78. The SMILES string of the molecule is c1ccc(-c2nc(-c3ccccc3)nc(-c3cc(-c4ccccc4)c(-n4c5ccc(-n6c7ccccc7c7ccccc76)cc5c5ccc6c(c7ccccc7n6-c6ccccc6)c54)cc3-c3ccccc3)n2)cc1. The van der Waals surface area contributed by atoms with Gasteiger partial charge in [-0.3, -0.25) is 0 Å². The van der Waals surface area contributed by atoms with Crippen molar-refractivity contribution in [3.63, 3.8) is 0 Å². The summed E-state index contributed by atoms with van der Waals surface area (Å²) in [5.41, 5.74) is 17.0. The summed E-state index contributed by atoms with van der Waals surface area (Å²) in [6, 6.07) is 95.4. The van der Waals surface area contributed by atoms with Gasteiger partial charge in [0.2, 0.25) is 0 Å². The second-order valence-electron chi connectivity index (χ2n) is 19.1. The van der Waals surface area contributed by atoms with Crippen LogP contribution in [0.1, 0.15) is 0 Å². The normalized spacial score (nSPS) is 11.7. The van der Waals surface area contributed by atoms with Gasteiger partial charge in [0.05, 0.1) is 38.8 Å². The van der Waals surface area contributed by atoms with E-state index in [0.29, 0.717) is 17.5 Å². The minimum Gasteiger partial charge on any atom is -0.309 e. The zero-order chi connectivity index (χ0) is 49.4. The van der Waals surface area contributed by atoms with E-state index >= 15 is 0 Å². The summed E-state index contributed by atoms with van der Waals surface area (Å²) in [4.78, 5) is 15.8. The summed E-state index contributed by atoms with van der Waals surface area (Å²) in [6.45, 7) is 0. The molecule has 11 aromatic carbocycles. The molecule has 350 valence electrons. The zero-order valence-corrected chi connectivity index (χ0v) is 40.6. The maximum Gasteiger partial charge on any atom is 0.164 e. The number of benzene rings is 11. The van der Waals surface area contributed by atoms with Crippen LogP contribution in [0.15, 0.2) is 267 Å². The predicted octanol–water partition coefficient (Wildman–Crippen LogP) is 17.5. The molecule has 0 fully saturated rings. The Morgan fingerprint density at radius 1 is 0.240 bits per heavy atom. The van der Waals surface area contributed by atoms with E-state index in [9.17, 15) is 0 Å². The molecule has 0 radical (unpaired) electrons. The average molecular weight is 957 g/mol. The quantitative estimate of drug-likeness (QED) is 0.152. The smallest absolute Gasteiger partial charge is 0.164 e. The third kappa shape index (κ3) is 6.84. The molecule has 6 heteroatoms. The molecule has 0 saturated carbocycles. The van der Waals surface area contributed by atoms with Crippen LogP contribution in [0.5, 0.6) is 0 Å². The van der Waals surface area contributed by atoms with Gasteiger partial charge in [-0.2, -0.15) is 0 Å². The summed E-state index contributed by atoms with van der Waals surface area (Å²) in [5.74, 6) is 1.82. The predicted molar refractivity (Wildman–Crippen MR) is 310 cm³/mol. The van der Waals surface area contributed by atoms with Crippen LogP contribution in [0.25, 0.3) is 139 Å². The summed E-state index contributed by atoms with van der Waals surface area (Å²) >= 11 is 0. The van der Waals surface area contributed by atoms with Crippen LogP contribution in [-0.4, -0.2) is 28.7 Å². The van der Waals surface area contributed by atoms with Gasteiger partial charge in [0, 0.05) is 65.9 Å². The number of para-hydroxylation sites is 4. The monoisotopic (exact) mass is 956 g/mol. The van der Waals surface area contributed by atoms with Gasteiger partial charge in [0.1, 0.15) is 0 Å². The minimum absolute atomic E-state index is 0.594. The molecule has 0 spiro atoms. The van der Waals surface area contributed by atoms with E-state index in [1.807, 2.05) is 36.4 Å². The second kappa shape index (κ2) is 17.3. The molecule has 0 atom stereocenters. The number of rotatable bonds is 8. The fourth-order valence-corrected chi connectivity index (χ4v) is 11.6. The van der Waals surface area contributed by atoms with Gasteiger partial charge in [-0.1, -0.05) is 200 Å². The van der Waals surface area contributed by atoms with E-state index in [4.69, 9.17) is 15.0 Å². The second-order valence-corrected chi connectivity index (χ2v) is 19.1. The molecule has 4 heterocycles. The van der Waals surface area contributed by atoms with Crippen LogP contribution < -0.4 is 0 Å². The maximum atomic E-state index is 5.36. The van der Waals surface area contributed by atoms with Gasteiger partial charge < -0.3 is 13.7 Å². The van der Waals surface area contributed by atoms with Gasteiger partial charge in [-0.15, -0.1) is 0 Å². The van der Waals surface area contributed by atoms with Gasteiger partial charge >= 0.3 is 0 Å². The van der Waals surface area contributed by atoms with Crippen molar-refractivity contribution in [2.75, 3.05) is 0 Å². The molecule has 0 unspecified atom stereocenters. The molecule has 0 aliphatic heterocycles. The van der Waals surface area contributed by atoms with Crippen molar-refractivity contribution in [3.05, 3.63) is 267 Å². The first-order valence-corrected chi connectivity index (χ1v) is 25.4. The Balaban J connectivity index is 1.10. The maximum absolute atomic E-state index is 5.36. The van der Waals surface area contributed by atoms with Crippen LogP contribution in [0.4, 0.5) is 0 Å². The standard InChI is InChI=1S/C69H44N6/c1-6-22-45(23-7-1)55-44-64(56(46-24-8-2-9-25-46)43-58(55)69-71-67(47-26-10-3-11-27-47)70-68(72-69)48-28-12-4-13-29-48)75-62-40-38-50(74-59-35-19-16-32-51(59)52-33-17-20-36-60(52)74)42-57(62)53-39-41-63-65(66(53)75)54-34-18-21-37-61(54)73(63)49-30-14-5-15-31-49/h1-44H. The van der Waals surface area contributed by atoms with E-state index in [1.54, 1.807) is 0 Å². The highest BCUT2D eigenvalue weighted by molar-refractivity contribution is 6.26. The van der Waals surface area contributed by atoms with Gasteiger partial charge in [-0.25, -0.2) is 15.0 Å². The summed E-state index contributed by atoms with van der Waals surface area (Å²) < 4.78 is 7.38. The third-order valence-electron chi connectivity index (χ3n) is 14.9. The molecule has 0 saturated heterocycles. The molecule has 15 aromatic rings. The third-order valence-corrected chi connectivity index (χ3v) is 14.9. The first-order chi connectivity index (χ1) is 37.2. The average Bonchev–Trinajstić information content (AvgIpc) is 4.24. The number of aromatic nitrogens is 6. The van der Waals surface area contributed by atoms with Crippen molar-refractivity contribution in [1.29, 1.82) is 0 Å². The van der Waals surface area contributed by atoms with Crippen LogP contribution >= 0.6 is 0 Å². The summed E-state index contributed by atoms with van der Waals surface area (Å²) in [6.07, 6.45) is 0. The molecule has 15 rings (SSSR count). The highest BCUT2D eigenvalue weighted by Crippen LogP contribution is 2.47. The molecule has 0 amide bonds. The Hall–Kier alpha value is -10.2. The van der Waals surface area contributed by atoms with Crippen molar-refractivity contribution in [2.24, 2.45) is 0 Å². The molecule has 0 bridgehead atoms. The molecule has 0 aliphatic rings. The minimum atomic E-state index is 0.594. The lowest BCUT2D eigenvalue weighted by atomic mass is 9.92. The van der Waals surface area contributed by atoms with Gasteiger partial charge in [0.25, 0.3) is 0 Å². The highest BCUT2D eigenvalue weighted by atomic mass is 15.0. The van der Waals surface area contributed by atoms with Gasteiger partial charge in [0.15, 0.2) is 17.5 Å². The van der Waals surface area contributed by atoms with Crippen LogP contribution in [0.3, 0.4) is 0 Å². The molecular weight excluding hydrogens is 913 g/mol. The topological polar surface area (TPSA) is 53.5 Å². The van der Waals surface area contributed by atoms with Crippen LogP contribution in [-0.2, 0) is 0 Å². The number of hydrogen-bond acceptors (Lipinski definition) is 3. The Labute approximate surface area is 432 Å². The van der Waals surface area contributed by atoms with E-state index in [2.05, 4.69) is 244 Å². The number of nitrogens with zero attached hydrogens (tertiary/aromatic N) is 6. The van der Waals surface area contributed by atoms with Crippen molar-refractivity contribution in [3.8, 4) is 73.5 Å². The van der Waals surface area contributed by atoms with Crippen LogP contribution in [0.2, 0.25) is 0 Å². The highest BCUT2D eigenvalue weighted by Gasteiger charge is 2.26. The van der Waals surface area contributed by atoms with Crippen LogP contribution in [0, 0.1) is 0 Å².